The van der Waals surface area contributed by atoms with Gasteiger partial charge in [0, 0.05) is 17.3 Å². The molecule has 1 amide bonds. The SMILES string of the molecule is Cc1ccc(NC(=O)c2c(C)nn(-c3ccccc3)c2C)cc1[N+](=O)[O-]. The lowest BCUT2D eigenvalue weighted by Crippen LogP contribution is -2.14. The van der Waals surface area contributed by atoms with E-state index in [0.29, 0.717) is 28.2 Å². The smallest absolute Gasteiger partial charge is 0.274 e. The van der Waals surface area contributed by atoms with Crippen LogP contribution in [-0.4, -0.2) is 20.6 Å². The van der Waals surface area contributed by atoms with Crippen LogP contribution in [0.1, 0.15) is 27.3 Å². The van der Waals surface area contributed by atoms with Crippen molar-refractivity contribution < 1.29 is 9.72 Å². The highest BCUT2D eigenvalue weighted by Gasteiger charge is 2.20. The molecule has 2 aromatic carbocycles. The molecule has 26 heavy (non-hydrogen) atoms. The van der Waals surface area contributed by atoms with E-state index in [0.717, 1.165) is 5.69 Å². The van der Waals surface area contributed by atoms with Crippen LogP contribution in [0.3, 0.4) is 0 Å². The number of nitrogens with one attached hydrogen (secondary N) is 1. The Morgan fingerprint density at radius 2 is 1.81 bits per heavy atom. The van der Waals surface area contributed by atoms with Gasteiger partial charge in [-0.05, 0) is 39.0 Å². The number of amides is 1. The fourth-order valence-corrected chi connectivity index (χ4v) is 2.87. The molecule has 1 aromatic heterocycles. The summed E-state index contributed by atoms with van der Waals surface area (Å²) in [5.74, 6) is -0.347. The molecule has 3 rings (SSSR count). The lowest BCUT2D eigenvalue weighted by Gasteiger charge is -2.07. The van der Waals surface area contributed by atoms with Gasteiger partial charge in [0.15, 0.2) is 0 Å². The van der Waals surface area contributed by atoms with Gasteiger partial charge in [-0.1, -0.05) is 24.3 Å². The van der Waals surface area contributed by atoms with Crippen LogP contribution < -0.4 is 5.32 Å². The highest BCUT2D eigenvalue weighted by molar-refractivity contribution is 6.06. The van der Waals surface area contributed by atoms with E-state index in [2.05, 4.69) is 10.4 Å². The first-order chi connectivity index (χ1) is 12.4. The summed E-state index contributed by atoms with van der Waals surface area (Å²) in [4.78, 5) is 23.3. The fourth-order valence-electron chi connectivity index (χ4n) is 2.87. The van der Waals surface area contributed by atoms with Gasteiger partial charge in [0.25, 0.3) is 11.6 Å². The third kappa shape index (κ3) is 3.19. The number of hydrogen-bond acceptors (Lipinski definition) is 4. The molecule has 0 aliphatic rings. The normalized spacial score (nSPS) is 10.6. The second-order valence-corrected chi connectivity index (χ2v) is 6.01. The Balaban J connectivity index is 1.93. The summed E-state index contributed by atoms with van der Waals surface area (Å²) < 4.78 is 1.71. The first-order valence-corrected chi connectivity index (χ1v) is 8.06. The highest BCUT2D eigenvalue weighted by atomic mass is 16.6. The Morgan fingerprint density at radius 3 is 2.46 bits per heavy atom. The number of nitro benzene ring substituents is 1. The summed E-state index contributed by atoms with van der Waals surface area (Å²) in [5, 5.41) is 18.3. The lowest BCUT2D eigenvalue weighted by molar-refractivity contribution is -0.385. The number of anilines is 1. The molecule has 0 bridgehead atoms. The molecule has 132 valence electrons. The molecule has 0 radical (unpaired) electrons. The molecule has 0 atom stereocenters. The zero-order valence-corrected chi connectivity index (χ0v) is 14.7. The van der Waals surface area contributed by atoms with E-state index in [4.69, 9.17) is 0 Å². The van der Waals surface area contributed by atoms with Crippen molar-refractivity contribution in [3.05, 3.63) is 81.2 Å². The van der Waals surface area contributed by atoms with Crippen LogP contribution in [0.4, 0.5) is 11.4 Å². The summed E-state index contributed by atoms with van der Waals surface area (Å²) in [6.07, 6.45) is 0. The van der Waals surface area contributed by atoms with Crippen LogP contribution in [0.15, 0.2) is 48.5 Å². The van der Waals surface area contributed by atoms with Crippen molar-refractivity contribution in [3.8, 4) is 5.69 Å². The Labute approximate surface area is 150 Å². The first kappa shape index (κ1) is 17.3. The van der Waals surface area contributed by atoms with Crippen LogP contribution in [0.5, 0.6) is 0 Å². The van der Waals surface area contributed by atoms with E-state index in [1.807, 2.05) is 37.3 Å². The molecule has 3 aromatic rings. The van der Waals surface area contributed by atoms with Gasteiger partial charge in [0.1, 0.15) is 0 Å². The number of aryl methyl sites for hydroxylation is 2. The number of rotatable bonds is 4. The van der Waals surface area contributed by atoms with E-state index in [1.54, 1.807) is 30.7 Å². The van der Waals surface area contributed by atoms with Crippen molar-refractivity contribution in [2.45, 2.75) is 20.8 Å². The summed E-state index contributed by atoms with van der Waals surface area (Å²) in [6.45, 7) is 5.24. The highest BCUT2D eigenvalue weighted by Crippen LogP contribution is 2.24. The molecule has 1 N–H and O–H groups in total. The van der Waals surface area contributed by atoms with E-state index >= 15 is 0 Å². The number of carbonyl (C=O) groups excluding carboxylic acids is 1. The number of para-hydroxylation sites is 1. The third-order valence-electron chi connectivity index (χ3n) is 4.18. The van der Waals surface area contributed by atoms with Crippen LogP contribution in [0.2, 0.25) is 0 Å². The zero-order valence-electron chi connectivity index (χ0n) is 14.7. The van der Waals surface area contributed by atoms with E-state index in [-0.39, 0.29) is 11.6 Å². The molecule has 0 saturated heterocycles. The van der Waals surface area contributed by atoms with Crippen LogP contribution >= 0.6 is 0 Å². The molecule has 0 unspecified atom stereocenters. The maximum Gasteiger partial charge on any atom is 0.274 e. The number of benzene rings is 2. The number of carbonyl (C=O) groups is 1. The monoisotopic (exact) mass is 350 g/mol. The van der Waals surface area contributed by atoms with Gasteiger partial charge < -0.3 is 5.32 Å². The molecular weight excluding hydrogens is 332 g/mol. The summed E-state index contributed by atoms with van der Waals surface area (Å²) in [6, 6.07) is 14.1. The predicted octanol–water partition coefficient (Wildman–Crippen LogP) is 3.96. The number of aromatic nitrogens is 2. The van der Waals surface area contributed by atoms with Gasteiger partial charge >= 0.3 is 0 Å². The standard InChI is InChI=1S/C19H18N4O3/c1-12-9-10-15(11-17(12)23(25)26)20-19(24)18-13(2)21-22(14(18)3)16-7-5-4-6-8-16/h4-11H,1-3H3,(H,20,24). The van der Waals surface area contributed by atoms with Crippen LogP contribution in [0.25, 0.3) is 5.69 Å². The zero-order chi connectivity index (χ0) is 18.8. The Bertz CT molecular complexity index is 994. The topological polar surface area (TPSA) is 90.1 Å². The van der Waals surface area contributed by atoms with Crippen molar-refractivity contribution in [1.82, 2.24) is 9.78 Å². The molecule has 0 aliphatic heterocycles. The Kier molecular flexibility index (Phi) is 4.53. The number of hydrogen-bond donors (Lipinski definition) is 1. The van der Waals surface area contributed by atoms with Gasteiger partial charge in [0.05, 0.1) is 27.6 Å². The van der Waals surface area contributed by atoms with Crippen LogP contribution in [0, 0.1) is 30.9 Å². The maximum atomic E-state index is 12.7. The van der Waals surface area contributed by atoms with E-state index in [9.17, 15) is 14.9 Å². The van der Waals surface area contributed by atoms with Gasteiger partial charge in [0.2, 0.25) is 0 Å². The maximum absolute atomic E-state index is 12.7. The third-order valence-corrected chi connectivity index (χ3v) is 4.18. The molecule has 7 heteroatoms. The number of nitro groups is 1. The molecule has 0 aliphatic carbocycles. The van der Waals surface area contributed by atoms with Crippen molar-refractivity contribution in [2.75, 3.05) is 5.32 Å². The van der Waals surface area contributed by atoms with Gasteiger partial charge in [-0.2, -0.15) is 5.10 Å². The predicted molar refractivity (Wildman–Crippen MR) is 98.8 cm³/mol. The molecule has 0 spiro atoms. The largest absolute Gasteiger partial charge is 0.322 e. The van der Waals surface area contributed by atoms with Gasteiger partial charge in [-0.15, -0.1) is 0 Å². The van der Waals surface area contributed by atoms with Crippen molar-refractivity contribution in [1.29, 1.82) is 0 Å². The first-order valence-electron chi connectivity index (χ1n) is 8.06. The van der Waals surface area contributed by atoms with E-state index in [1.165, 1.54) is 6.07 Å². The molecule has 1 heterocycles. The van der Waals surface area contributed by atoms with Gasteiger partial charge in [-0.25, -0.2) is 4.68 Å². The quantitative estimate of drug-likeness (QED) is 0.570. The Morgan fingerprint density at radius 1 is 1.12 bits per heavy atom. The summed E-state index contributed by atoms with van der Waals surface area (Å²) in [5.41, 5.74) is 3.49. The van der Waals surface area contributed by atoms with E-state index < -0.39 is 4.92 Å². The molecular formula is C19H18N4O3. The van der Waals surface area contributed by atoms with Crippen molar-refractivity contribution in [2.24, 2.45) is 0 Å². The van der Waals surface area contributed by atoms with Crippen LogP contribution in [-0.2, 0) is 0 Å². The summed E-state index contributed by atoms with van der Waals surface area (Å²) >= 11 is 0. The van der Waals surface area contributed by atoms with Gasteiger partial charge in [-0.3, -0.25) is 14.9 Å². The second-order valence-electron chi connectivity index (χ2n) is 6.01. The fraction of sp³-hybridized carbons (Fsp3) is 0.158. The molecule has 0 fully saturated rings. The molecule has 7 nitrogen and oxygen atoms in total. The minimum atomic E-state index is -0.463. The van der Waals surface area contributed by atoms with Crippen molar-refractivity contribution in [3.63, 3.8) is 0 Å². The summed E-state index contributed by atoms with van der Waals surface area (Å²) in [7, 11) is 0. The lowest BCUT2D eigenvalue weighted by atomic mass is 10.1. The number of nitrogens with zero attached hydrogens (tertiary/aromatic N) is 3. The second kappa shape index (κ2) is 6.79. The van der Waals surface area contributed by atoms with Crippen molar-refractivity contribution >= 4 is 17.3 Å². The minimum absolute atomic E-state index is 0.0313. The molecule has 0 saturated carbocycles. The average Bonchev–Trinajstić information content (AvgIpc) is 2.91. The Hall–Kier alpha value is -3.48. The minimum Gasteiger partial charge on any atom is -0.322 e. The average molecular weight is 350 g/mol.